The van der Waals surface area contributed by atoms with Crippen molar-refractivity contribution >= 4 is 40.5 Å². The summed E-state index contributed by atoms with van der Waals surface area (Å²) in [7, 11) is 0. The molecule has 10 heteroatoms. The van der Waals surface area contributed by atoms with Gasteiger partial charge in [-0.05, 0) is 36.6 Å². The molecule has 2 aromatic rings. The molecule has 0 spiro atoms. The first kappa shape index (κ1) is 18.9. The van der Waals surface area contributed by atoms with Gasteiger partial charge in [0.1, 0.15) is 6.54 Å². The van der Waals surface area contributed by atoms with Crippen LogP contribution in [-0.2, 0) is 20.5 Å². The van der Waals surface area contributed by atoms with Crippen molar-refractivity contribution < 1.29 is 32.3 Å². The Kier molecular flexibility index (Phi) is 4.92. The van der Waals surface area contributed by atoms with Gasteiger partial charge in [-0.2, -0.15) is 24.5 Å². The maximum atomic E-state index is 12.9. The van der Waals surface area contributed by atoms with E-state index in [4.69, 9.17) is 4.74 Å². The lowest BCUT2D eigenvalue weighted by Gasteiger charge is -2.31. The van der Waals surface area contributed by atoms with E-state index in [9.17, 15) is 27.6 Å². The zero-order valence-corrected chi connectivity index (χ0v) is 14.7. The number of anilines is 2. The molecule has 0 aliphatic carbocycles. The highest BCUT2D eigenvalue weighted by Crippen LogP contribution is 2.37. The molecule has 0 radical (unpaired) electrons. The average Bonchev–Trinajstić information content (AvgIpc) is 3.13. The first-order valence-corrected chi connectivity index (χ1v) is 8.67. The van der Waals surface area contributed by atoms with Crippen molar-refractivity contribution in [1.82, 2.24) is 0 Å². The normalized spacial score (nSPS) is 15.0. The van der Waals surface area contributed by atoms with Crippen LogP contribution in [0.1, 0.15) is 22.8 Å². The molecule has 142 valence electrons. The number of nitrogens with zero attached hydrogens (tertiary/aromatic N) is 1. The van der Waals surface area contributed by atoms with Gasteiger partial charge in [-0.25, -0.2) is 4.79 Å². The summed E-state index contributed by atoms with van der Waals surface area (Å²) in [5, 5.41) is 5.55. The molecule has 2 heterocycles. The number of ether oxygens (including phenoxy) is 1. The lowest BCUT2D eigenvalue weighted by molar-refractivity contribution is -0.137. The molecule has 1 atom stereocenters. The quantitative estimate of drug-likeness (QED) is 0.805. The maximum absolute atomic E-state index is 12.9. The maximum Gasteiger partial charge on any atom is 0.416 e. The van der Waals surface area contributed by atoms with Gasteiger partial charge >= 0.3 is 12.1 Å². The van der Waals surface area contributed by atoms with Crippen molar-refractivity contribution in [2.45, 2.75) is 19.2 Å². The summed E-state index contributed by atoms with van der Waals surface area (Å²) in [4.78, 5) is 37.5. The number of carbonyl (C=O) groups excluding carboxylic acids is 3. The molecule has 1 aliphatic heterocycles. The minimum Gasteiger partial charge on any atom is -0.449 e. The van der Waals surface area contributed by atoms with E-state index in [2.05, 4.69) is 5.32 Å². The fraction of sp³-hybridized carbons (Fsp3) is 0.235. The molecular formula is C17H13F3N2O4S. The predicted octanol–water partition coefficient (Wildman–Crippen LogP) is 3.30. The van der Waals surface area contributed by atoms with Gasteiger partial charge in [-0.15, -0.1) is 0 Å². The Hall–Kier alpha value is -2.88. The number of benzene rings is 1. The second kappa shape index (κ2) is 7.03. The van der Waals surface area contributed by atoms with E-state index in [1.54, 1.807) is 10.8 Å². The third-order valence-corrected chi connectivity index (χ3v) is 4.53. The molecule has 3 rings (SSSR count). The summed E-state index contributed by atoms with van der Waals surface area (Å²) in [6.07, 6.45) is -5.81. The van der Waals surface area contributed by atoms with E-state index in [1.165, 1.54) is 24.3 Å². The van der Waals surface area contributed by atoms with Crippen LogP contribution in [0.4, 0.5) is 24.5 Å². The van der Waals surface area contributed by atoms with Crippen LogP contribution in [-0.4, -0.2) is 30.4 Å². The van der Waals surface area contributed by atoms with Gasteiger partial charge in [0.2, 0.25) is 5.91 Å². The second-order valence-electron chi connectivity index (χ2n) is 5.76. The molecule has 1 aromatic heterocycles. The zero-order chi connectivity index (χ0) is 19.8. The lowest BCUT2D eigenvalue weighted by atomic mass is 10.1. The lowest BCUT2D eigenvalue weighted by Crippen LogP contribution is -2.47. The summed E-state index contributed by atoms with van der Waals surface area (Å²) >= 11 is 1.28. The van der Waals surface area contributed by atoms with E-state index in [1.807, 2.05) is 0 Å². The molecule has 1 N–H and O–H groups in total. The standard InChI is InChI=1S/C17H13F3N2O4S/c1-9(26-16(25)10-4-5-27-8-10)15(24)22-7-14(23)21-12-6-11(17(18,19)20)2-3-13(12)22/h2-6,8-9H,7H2,1H3,(H,21,23)/t9-/m1/s1. The van der Waals surface area contributed by atoms with E-state index in [-0.39, 0.29) is 16.9 Å². The Morgan fingerprint density at radius 1 is 1.30 bits per heavy atom. The monoisotopic (exact) mass is 398 g/mol. The van der Waals surface area contributed by atoms with Crippen LogP contribution in [0.5, 0.6) is 0 Å². The van der Waals surface area contributed by atoms with Crippen LogP contribution in [0.2, 0.25) is 0 Å². The van der Waals surface area contributed by atoms with Crippen molar-refractivity contribution in [2.75, 3.05) is 16.8 Å². The van der Waals surface area contributed by atoms with E-state index in [0.717, 1.165) is 23.1 Å². The average molecular weight is 398 g/mol. The number of alkyl halides is 3. The van der Waals surface area contributed by atoms with E-state index >= 15 is 0 Å². The number of hydrogen-bond acceptors (Lipinski definition) is 5. The third-order valence-electron chi connectivity index (χ3n) is 3.84. The van der Waals surface area contributed by atoms with Crippen molar-refractivity contribution in [2.24, 2.45) is 0 Å². The predicted molar refractivity (Wildman–Crippen MR) is 91.6 cm³/mol. The number of amides is 2. The van der Waals surface area contributed by atoms with Crippen molar-refractivity contribution in [3.8, 4) is 0 Å². The van der Waals surface area contributed by atoms with Gasteiger partial charge in [-0.1, -0.05) is 0 Å². The van der Waals surface area contributed by atoms with Crippen molar-refractivity contribution in [3.05, 3.63) is 46.2 Å². The highest BCUT2D eigenvalue weighted by atomic mass is 32.1. The summed E-state index contributed by atoms with van der Waals surface area (Å²) in [5.41, 5.74) is -0.698. The van der Waals surface area contributed by atoms with E-state index < -0.39 is 42.2 Å². The van der Waals surface area contributed by atoms with Gasteiger partial charge in [0.05, 0.1) is 22.5 Å². The molecule has 0 bridgehead atoms. The van der Waals surface area contributed by atoms with Gasteiger partial charge in [0, 0.05) is 5.38 Å². The molecule has 0 fully saturated rings. The Morgan fingerprint density at radius 3 is 2.67 bits per heavy atom. The first-order chi connectivity index (χ1) is 12.7. The van der Waals surface area contributed by atoms with Crippen molar-refractivity contribution in [1.29, 1.82) is 0 Å². The number of esters is 1. The van der Waals surface area contributed by atoms with Crippen molar-refractivity contribution in [3.63, 3.8) is 0 Å². The zero-order valence-electron chi connectivity index (χ0n) is 13.9. The molecule has 0 saturated heterocycles. The smallest absolute Gasteiger partial charge is 0.416 e. The Balaban J connectivity index is 1.83. The Bertz CT molecular complexity index is 896. The SMILES string of the molecule is C[C@@H](OC(=O)c1ccsc1)C(=O)N1CC(=O)Nc2cc(C(F)(F)F)ccc21. The van der Waals surface area contributed by atoms with Crippen LogP contribution >= 0.6 is 11.3 Å². The third kappa shape index (κ3) is 3.95. The van der Waals surface area contributed by atoms with Crippen LogP contribution in [0, 0.1) is 0 Å². The molecule has 2 amide bonds. The number of thiophene rings is 1. The molecule has 0 saturated carbocycles. The summed E-state index contributed by atoms with van der Waals surface area (Å²) in [6, 6.07) is 4.21. The number of fused-ring (bicyclic) bond motifs is 1. The van der Waals surface area contributed by atoms with Crippen LogP contribution in [0.25, 0.3) is 0 Å². The Labute approximate surface area is 155 Å². The Morgan fingerprint density at radius 2 is 2.04 bits per heavy atom. The van der Waals surface area contributed by atoms with Gasteiger partial charge < -0.3 is 10.1 Å². The van der Waals surface area contributed by atoms with Crippen LogP contribution in [0.15, 0.2) is 35.0 Å². The van der Waals surface area contributed by atoms with Gasteiger partial charge in [0.15, 0.2) is 6.10 Å². The highest BCUT2D eigenvalue weighted by molar-refractivity contribution is 7.08. The molecule has 0 unspecified atom stereocenters. The molecule has 1 aliphatic rings. The summed E-state index contributed by atoms with van der Waals surface area (Å²) < 4.78 is 43.7. The molecule has 6 nitrogen and oxygen atoms in total. The summed E-state index contributed by atoms with van der Waals surface area (Å²) in [5.74, 6) is -2.06. The molecular weight excluding hydrogens is 385 g/mol. The number of halogens is 3. The topological polar surface area (TPSA) is 75.7 Å². The first-order valence-electron chi connectivity index (χ1n) is 7.72. The number of carbonyl (C=O) groups is 3. The molecule has 1 aromatic carbocycles. The second-order valence-corrected chi connectivity index (χ2v) is 6.54. The molecule has 27 heavy (non-hydrogen) atoms. The minimum atomic E-state index is -4.59. The minimum absolute atomic E-state index is 0.103. The van der Waals surface area contributed by atoms with Gasteiger partial charge in [-0.3, -0.25) is 14.5 Å². The van der Waals surface area contributed by atoms with Crippen LogP contribution < -0.4 is 10.2 Å². The fourth-order valence-electron chi connectivity index (χ4n) is 2.54. The van der Waals surface area contributed by atoms with Gasteiger partial charge in [0.25, 0.3) is 5.91 Å². The fourth-order valence-corrected chi connectivity index (χ4v) is 3.17. The summed E-state index contributed by atoms with van der Waals surface area (Å²) in [6.45, 7) is 0.945. The number of rotatable bonds is 3. The van der Waals surface area contributed by atoms with Crippen LogP contribution in [0.3, 0.4) is 0 Å². The number of nitrogens with one attached hydrogen (secondary N) is 1. The van der Waals surface area contributed by atoms with E-state index in [0.29, 0.717) is 0 Å². The highest BCUT2D eigenvalue weighted by Gasteiger charge is 2.35. The number of hydrogen-bond donors (Lipinski definition) is 1. The largest absolute Gasteiger partial charge is 0.449 e.